The number of para-hydroxylation sites is 1. The van der Waals surface area contributed by atoms with Crippen molar-refractivity contribution in [3.8, 4) is 5.75 Å². The fraction of sp³-hybridized carbons (Fsp3) is 0.483. The summed E-state index contributed by atoms with van der Waals surface area (Å²) in [4.78, 5) is 16.1. The molecule has 1 atom stereocenters. The van der Waals surface area contributed by atoms with E-state index in [2.05, 4.69) is 81.9 Å². The molecule has 0 radical (unpaired) electrons. The van der Waals surface area contributed by atoms with Crippen LogP contribution in [0.3, 0.4) is 0 Å². The molecule has 0 saturated heterocycles. The van der Waals surface area contributed by atoms with Crippen LogP contribution >= 0.6 is 0 Å². The molecule has 0 N–H and O–H groups in total. The predicted molar refractivity (Wildman–Crippen MR) is 141 cm³/mol. The number of anilines is 1. The van der Waals surface area contributed by atoms with Crippen molar-refractivity contribution in [3.05, 3.63) is 65.2 Å². The molecule has 1 fully saturated rings. The first-order valence-corrected chi connectivity index (χ1v) is 16.0. The number of carbonyl (C=O) groups is 1. The molecule has 1 unspecified atom stereocenters. The molecule has 1 saturated carbocycles. The maximum Gasteiger partial charge on any atom is 0.211 e. The lowest BCUT2D eigenvalue weighted by Crippen LogP contribution is -2.58. The van der Waals surface area contributed by atoms with Gasteiger partial charge < -0.3 is 14.1 Å². The molecule has 180 valence electrons. The van der Waals surface area contributed by atoms with Gasteiger partial charge in [0.1, 0.15) is 11.4 Å². The van der Waals surface area contributed by atoms with Gasteiger partial charge in [0.15, 0.2) is 14.1 Å². The molecule has 1 spiro atoms. The van der Waals surface area contributed by atoms with Crippen LogP contribution in [0.5, 0.6) is 5.75 Å². The number of rotatable bonds is 4. The van der Waals surface area contributed by atoms with Crippen LogP contribution in [0.25, 0.3) is 6.08 Å². The minimum Gasteiger partial charge on any atom is -0.463 e. The number of hydrogen-bond acceptors (Lipinski definition) is 4. The zero-order valence-electron chi connectivity index (χ0n) is 21.4. The number of hydrogen-bond donors (Lipinski definition) is 0. The number of ether oxygens (including phenoxy) is 1. The van der Waals surface area contributed by atoms with Crippen molar-refractivity contribution >= 4 is 25.9 Å². The fourth-order valence-corrected chi connectivity index (χ4v) is 7.74. The first-order chi connectivity index (χ1) is 16.0. The Kier molecular flexibility index (Phi) is 5.38. The Morgan fingerprint density at radius 1 is 1.03 bits per heavy atom. The van der Waals surface area contributed by atoms with Crippen molar-refractivity contribution in [2.75, 3.05) is 11.9 Å². The number of likely N-dealkylation sites (N-methyl/N-ethyl adjacent to an activating group) is 1. The number of fused-ring (bicyclic) bond motifs is 2. The van der Waals surface area contributed by atoms with Crippen LogP contribution in [0.1, 0.15) is 67.4 Å². The van der Waals surface area contributed by atoms with Crippen LogP contribution in [-0.2, 0) is 9.84 Å². The van der Waals surface area contributed by atoms with Crippen molar-refractivity contribution in [2.24, 2.45) is 0 Å². The lowest BCUT2D eigenvalue weighted by molar-refractivity contribution is 0.0225. The number of nitrogens with zero attached hydrogens (tertiary/aromatic N) is 1. The van der Waals surface area contributed by atoms with Crippen LogP contribution in [-0.4, -0.2) is 32.5 Å². The maximum absolute atomic E-state index is 13.9. The third-order valence-electron chi connectivity index (χ3n) is 7.94. The standard InChI is InChI=1S/C29H37NO3Si/c1-27(2)23-12-8-9-13-24(23)30(3)29(27)19-16-21-20-22(14-15-25(21)32-29)26(31)28(33-34(4,5)6)17-10-7-11-18-28/h8-9,12-16,19-20H,7,10-11,17-18H2,1-6H3. The Hall–Kier alpha value is -2.37. The van der Waals surface area contributed by atoms with Gasteiger partial charge in [0.2, 0.25) is 5.72 Å². The first kappa shape index (κ1) is 23.4. The van der Waals surface area contributed by atoms with Crippen LogP contribution in [0.2, 0.25) is 19.6 Å². The Balaban J connectivity index is 1.49. The smallest absolute Gasteiger partial charge is 0.211 e. The van der Waals surface area contributed by atoms with E-state index in [9.17, 15) is 4.79 Å². The van der Waals surface area contributed by atoms with E-state index in [-0.39, 0.29) is 11.2 Å². The van der Waals surface area contributed by atoms with Gasteiger partial charge in [0.25, 0.3) is 0 Å². The lowest BCUT2D eigenvalue weighted by Gasteiger charge is -2.46. The van der Waals surface area contributed by atoms with Crippen LogP contribution in [0, 0.1) is 0 Å². The van der Waals surface area contributed by atoms with E-state index in [1.807, 2.05) is 18.2 Å². The average Bonchev–Trinajstić information content (AvgIpc) is 2.96. The summed E-state index contributed by atoms with van der Waals surface area (Å²) in [5, 5.41) is 0. The molecule has 2 aliphatic heterocycles. The predicted octanol–water partition coefficient (Wildman–Crippen LogP) is 6.95. The van der Waals surface area contributed by atoms with Gasteiger partial charge in [-0.25, -0.2) is 0 Å². The molecule has 0 amide bonds. The zero-order chi connectivity index (χ0) is 24.4. The third-order valence-corrected chi connectivity index (χ3v) is 8.94. The Morgan fingerprint density at radius 3 is 2.41 bits per heavy atom. The molecule has 0 bridgehead atoms. The molecule has 4 nitrogen and oxygen atoms in total. The third kappa shape index (κ3) is 3.47. The minimum absolute atomic E-state index is 0.136. The second-order valence-corrected chi connectivity index (χ2v) is 16.1. The summed E-state index contributed by atoms with van der Waals surface area (Å²) in [6.07, 6.45) is 9.22. The van der Waals surface area contributed by atoms with Gasteiger partial charge in [-0.1, -0.05) is 37.5 Å². The summed E-state index contributed by atoms with van der Waals surface area (Å²) >= 11 is 0. The highest BCUT2D eigenvalue weighted by atomic mass is 28.4. The summed E-state index contributed by atoms with van der Waals surface area (Å²) in [5.74, 6) is 0.951. The second-order valence-electron chi connectivity index (χ2n) is 11.7. The molecule has 2 heterocycles. The molecule has 5 heteroatoms. The molecule has 2 aromatic rings. The average molecular weight is 476 g/mol. The second kappa shape index (κ2) is 7.82. The van der Waals surface area contributed by atoms with Crippen molar-refractivity contribution in [2.45, 2.75) is 82.3 Å². The maximum atomic E-state index is 13.9. The highest BCUT2D eigenvalue weighted by Crippen LogP contribution is 2.54. The van der Waals surface area contributed by atoms with Crippen molar-refractivity contribution in [1.82, 2.24) is 0 Å². The van der Waals surface area contributed by atoms with Crippen molar-refractivity contribution in [3.63, 3.8) is 0 Å². The molecule has 5 rings (SSSR count). The monoisotopic (exact) mass is 475 g/mol. The van der Waals surface area contributed by atoms with Gasteiger partial charge in [-0.05, 0) is 88.3 Å². The van der Waals surface area contributed by atoms with Gasteiger partial charge in [-0.2, -0.15) is 0 Å². The molecule has 2 aromatic carbocycles. The van der Waals surface area contributed by atoms with Crippen molar-refractivity contribution in [1.29, 1.82) is 0 Å². The number of Topliss-reactive ketones (excluding diaryl/α,β-unsaturated/α-hetero) is 1. The number of ketones is 1. The minimum atomic E-state index is -1.88. The van der Waals surface area contributed by atoms with E-state index in [0.717, 1.165) is 42.6 Å². The largest absolute Gasteiger partial charge is 0.463 e. The van der Waals surface area contributed by atoms with E-state index in [1.165, 1.54) is 17.7 Å². The summed E-state index contributed by atoms with van der Waals surface area (Å²) < 4.78 is 13.4. The van der Waals surface area contributed by atoms with E-state index < -0.39 is 19.6 Å². The molecule has 3 aliphatic rings. The van der Waals surface area contributed by atoms with E-state index in [1.54, 1.807) is 0 Å². The zero-order valence-corrected chi connectivity index (χ0v) is 22.4. The summed E-state index contributed by atoms with van der Waals surface area (Å²) in [6.45, 7) is 11.0. The summed E-state index contributed by atoms with van der Waals surface area (Å²) in [5.41, 5.74) is 2.63. The van der Waals surface area contributed by atoms with Gasteiger partial charge in [0.05, 0.1) is 5.41 Å². The summed E-state index contributed by atoms with van der Waals surface area (Å²) in [6, 6.07) is 14.4. The fourth-order valence-electron chi connectivity index (χ4n) is 6.27. The van der Waals surface area contributed by atoms with Gasteiger partial charge in [-0.15, -0.1) is 0 Å². The molecule has 1 aliphatic carbocycles. The first-order valence-electron chi connectivity index (χ1n) is 12.6. The van der Waals surface area contributed by atoms with Crippen LogP contribution in [0.15, 0.2) is 48.5 Å². The Bertz CT molecular complexity index is 1160. The highest BCUT2D eigenvalue weighted by Gasteiger charge is 2.57. The quantitative estimate of drug-likeness (QED) is 0.354. The summed E-state index contributed by atoms with van der Waals surface area (Å²) in [7, 11) is 0.216. The topological polar surface area (TPSA) is 38.8 Å². The number of carbonyl (C=O) groups excluding carboxylic acids is 1. The van der Waals surface area contributed by atoms with Crippen molar-refractivity contribution < 1.29 is 14.0 Å². The normalized spacial score (nSPS) is 24.5. The molecule has 0 aromatic heterocycles. The highest BCUT2D eigenvalue weighted by molar-refractivity contribution is 6.70. The van der Waals surface area contributed by atoms with Gasteiger partial charge >= 0.3 is 0 Å². The van der Waals surface area contributed by atoms with Crippen LogP contribution in [0.4, 0.5) is 5.69 Å². The van der Waals surface area contributed by atoms with Crippen LogP contribution < -0.4 is 9.64 Å². The van der Waals surface area contributed by atoms with E-state index >= 15 is 0 Å². The van der Waals surface area contributed by atoms with E-state index in [0.29, 0.717) is 0 Å². The Morgan fingerprint density at radius 2 is 1.74 bits per heavy atom. The van der Waals surface area contributed by atoms with Gasteiger partial charge in [-0.3, -0.25) is 4.79 Å². The molecular weight excluding hydrogens is 438 g/mol. The molecular formula is C29H37NO3Si. The number of benzene rings is 2. The SMILES string of the molecule is CN1c2ccccc2C(C)(C)C12C=Cc1cc(C(=O)C3(O[Si](C)(C)C)CCCCC3)ccc1O2. The molecule has 34 heavy (non-hydrogen) atoms. The van der Waals surface area contributed by atoms with E-state index in [4.69, 9.17) is 9.16 Å². The lowest BCUT2D eigenvalue weighted by atomic mass is 9.76. The Labute approximate surface area is 205 Å². The van der Waals surface area contributed by atoms with Gasteiger partial charge in [0, 0.05) is 23.9 Å².